The normalized spacial score (nSPS) is 16.6. The Labute approximate surface area is 138 Å². The lowest BCUT2D eigenvalue weighted by Gasteiger charge is -2.38. The average Bonchev–Trinajstić information content (AvgIpc) is 2.45. The lowest BCUT2D eigenvalue weighted by molar-refractivity contribution is 0.212. The molecule has 7 heteroatoms. The predicted octanol–water partition coefficient (Wildman–Crippen LogP) is 2.69. The van der Waals surface area contributed by atoms with Gasteiger partial charge in [0, 0.05) is 35.4 Å². The minimum atomic E-state index is -3.02. The van der Waals surface area contributed by atoms with Gasteiger partial charge < -0.3 is 5.32 Å². The van der Waals surface area contributed by atoms with E-state index in [-0.39, 0.29) is 5.75 Å². The minimum Gasteiger partial charge on any atom is -0.370 e. The van der Waals surface area contributed by atoms with Crippen molar-refractivity contribution >= 4 is 42.7 Å². The summed E-state index contributed by atoms with van der Waals surface area (Å²) in [6, 6.07) is 9.96. The van der Waals surface area contributed by atoms with Crippen LogP contribution in [0.1, 0.15) is 6.92 Å². The SMILES string of the molecule is CCS(=O)(=O)N1CC(CNc2ccc3cc(Br)ccc3n2)C1. The molecular weight excluding hydrogens is 366 g/mol. The highest BCUT2D eigenvalue weighted by molar-refractivity contribution is 9.10. The maximum absolute atomic E-state index is 11.7. The Balaban J connectivity index is 1.58. The molecule has 1 aliphatic heterocycles. The average molecular weight is 384 g/mol. The number of fused-ring (bicyclic) bond motifs is 1. The third kappa shape index (κ3) is 3.26. The molecule has 2 heterocycles. The van der Waals surface area contributed by atoms with Gasteiger partial charge in [0.1, 0.15) is 5.82 Å². The van der Waals surface area contributed by atoms with E-state index >= 15 is 0 Å². The third-order valence-electron chi connectivity index (χ3n) is 3.90. The molecule has 0 radical (unpaired) electrons. The van der Waals surface area contributed by atoms with Crippen LogP contribution in [0.5, 0.6) is 0 Å². The smallest absolute Gasteiger partial charge is 0.213 e. The number of hydrogen-bond acceptors (Lipinski definition) is 4. The molecule has 5 nitrogen and oxygen atoms in total. The van der Waals surface area contributed by atoms with E-state index in [1.165, 1.54) is 0 Å². The first-order valence-corrected chi connectivity index (χ1v) is 9.66. The molecule has 118 valence electrons. The van der Waals surface area contributed by atoms with Gasteiger partial charge in [0.2, 0.25) is 10.0 Å². The second-order valence-electron chi connectivity index (χ2n) is 5.50. The van der Waals surface area contributed by atoms with Crippen molar-refractivity contribution in [2.24, 2.45) is 5.92 Å². The highest BCUT2D eigenvalue weighted by Crippen LogP contribution is 2.22. The fraction of sp³-hybridized carbons (Fsp3) is 0.400. The van der Waals surface area contributed by atoms with E-state index in [0.717, 1.165) is 27.7 Å². The Hall–Kier alpha value is -1.18. The molecule has 2 aromatic rings. The lowest BCUT2D eigenvalue weighted by atomic mass is 10.0. The van der Waals surface area contributed by atoms with Gasteiger partial charge in [-0.15, -0.1) is 0 Å². The number of nitrogens with zero attached hydrogens (tertiary/aromatic N) is 2. The van der Waals surface area contributed by atoms with Gasteiger partial charge in [-0.25, -0.2) is 17.7 Å². The summed E-state index contributed by atoms with van der Waals surface area (Å²) in [5, 5.41) is 4.39. The molecule has 1 aromatic carbocycles. The molecule has 1 aliphatic rings. The molecule has 0 spiro atoms. The standard InChI is InChI=1S/C15H18BrN3O2S/c1-2-22(20,21)19-9-11(10-19)8-17-15-6-3-12-7-13(16)4-5-14(12)18-15/h3-7,11H,2,8-10H2,1H3,(H,17,18). The number of anilines is 1. The Bertz CT molecular complexity index is 788. The summed E-state index contributed by atoms with van der Waals surface area (Å²) in [6.07, 6.45) is 0. The van der Waals surface area contributed by atoms with Crippen LogP contribution in [0, 0.1) is 5.92 Å². The van der Waals surface area contributed by atoms with Crippen molar-refractivity contribution in [1.82, 2.24) is 9.29 Å². The van der Waals surface area contributed by atoms with E-state index < -0.39 is 10.0 Å². The van der Waals surface area contributed by atoms with E-state index in [0.29, 0.717) is 19.0 Å². The Morgan fingerprint density at radius 3 is 2.82 bits per heavy atom. The lowest BCUT2D eigenvalue weighted by Crippen LogP contribution is -2.52. The van der Waals surface area contributed by atoms with Crippen LogP contribution in [-0.4, -0.2) is 43.1 Å². The number of benzene rings is 1. The molecule has 1 saturated heterocycles. The van der Waals surface area contributed by atoms with Crippen LogP contribution < -0.4 is 5.32 Å². The van der Waals surface area contributed by atoms with E-state index in [1.807, 2.05) is 30.3 Å². The van der Waals surface area contributed by atoms with E-state index in [9.17, 15) is 8.42 Å². The molecule has 0 unspecified atom stereocenters. The fourth-order valence-corrected chi connectivity index (χ4v) is 4.12. The second kappa shape index (κ2) is 6.14. The zero-order valence-electron chi connectivity index (χ0n) is 12.3. The molecular formula is C15H18BrN3O2S. The summed E-state index contributed by atoms with van der Waals surface area (Å²) < 4.78 is 25.9. The number of sulfonamides is 1. The molecule has 1 fully saturated rings. The minimum absolute atomic E-state index is 0.176. The first-order chi connectivity index (χ1) is 10.5. The highest BCUT2D eigenvalue weighted by Gasteiger charge is 2.34. The number of rotatable bonds is 5. The predicted molar refractivity (Wildman–Crippen MR) is 92.5 cm³/mol. The van der Waals surface area contributed by atoms with Crippen molar-refractivity contribution in [2.45, 2.75) is 6.92 Å². The first-order valence-electron chi connectivity index (χ1n) is 7.26. The van der Waals surface area contributed by atoms with Crippen molar-refractivity contribution < 1.29 is 8.42 Å². The van der Waals surface area contributed by atoms with Crippen LogP contribution in [0.25, 0.3) is 10.9 Å². The second-order valence-corrected chi connectivity index (χ2v) is 8.67. The van der Waals surface area contributed by atoms with Crippen LogP contribution in [0.3, 0.4) is 0 Å². The Kier molecular flexibility index (Phi) is 4.38. The van der Waals surface area contributed by atoms with Crippen molar-refractivity contribution in [3.63, 3.8) is 0 Å². The maximum Gasteiger partial charge on any atom is 0.213 e. The van der Waals surface area contributed by atoms with E-state index in [1.54, 1.807) is 11.2 Å². The van der Waals surface area contributed by atoms with Gasteiger partial charge in [-0.05, 0) is 37.3 Å². The van der Waals surface area contributed by atoms with Gasteiger partial charge >= 0.3 is 0 Å². The van der Waals surface area contributed by atoms with Crippen molar-refractivity contribution in [3.05, 3.63) is 34.8 Å². The molecule has 0 atom stereocenters. The van der Waals surface area contributed by atoms with Gasteiger partial charge in [-0.2, -0.15) is 0 Å². The van der Waals surface area contributed by atoms with Gasteiger partial charge in [0.15, 0.2) is 0 Å². The topological polar surface area (TPSA) is 62.3 Å². The number of hydrogen-bond donors (Lipinski definition) is 1. The van der Waals surface area contributed by atoms with Gasteiger partial charge in [0.05, 0.1) is 11.3 Å². The number of aromatic nitrogens is 1. The van der Waals surface area contributed by atoms with Crippen LogP contribution in [0.15, 0.2) is 34.8 Å². The Morgan fingerprint density at radius 2 is 2.09 bits per heavy atom. The third-order valence-corrected chi connectivity index (χ3v) is 6.21. The largest absolute Gasteiger partial charge is 0.370 e. The number of nitrogens with one attached hydrogen (secondary N) is 1. The molecule has 0 bridgehead atoms. The summed E-state index contributed by atoms with van der Waals surface area (Å²) in [4.78, 5) is 4.57. The van der Waals surface area contributed by atoms with E-state index in [2.05, 4.69) is 26.2 Å². The summed E-state index contributed by atoms with van der Waals surface area (Å²) in [7, 11) is -3.02. The summed E-state index contributed by atoms with van der Waals surface area (Å²) in [6.45, 7) is 3.62. The maximum atomic E-state index is 11.7. The van der Waals surface area contributed by atoms with Crippen LogP contribution >= 0.6 is 15.9 Å². The molecule has 1 N–H and O–H groups in total. The molecule has 3 rings (SSSR count). The molecule has 0 saturated carbocycles. The van der Waals surface area contributed by atoms with Crippen LogP contribution in [0.2, 0.25) is 0 Å². The molecule has 0 aliphatic carbocycles. The van der Waals surface area contributed by atoms with Crippen molar-refractivity contribution in [2.75, 3.05) is 30.7 Å². The van der Waals surface area contributed by atoms with Crippen molar-refractivity contribution in [3.8, 4) is 0 Å². The molecule has 0 amide bonds. The van der Waals surface area contributed by atoms with Gasteiger partial charge in [0.25, 0.3) is 0 Å². The number of halogens is 1. The zero-order valence-corrected chi connectivity index (χ0v) is 14.7. The number of pyridine rings is 1. The molecule has 22 heavy (non-hydrogen) atoms. The van der Waals surface area contributed by atoms with Gasteiger partial charge in [-0.1, -0.05) is 15.9 Å². The van der Waals surface area contributed by atoms with Gasteiger partial charge in [-0.3, -0.25) is 0 Å². The zero-order chi connectivity index (χ0) is 15.7. The summed E-state index contributed by atoms with van der Waals surface area (Å²) >= 11 is 3.45. The van der Waals surface area contributed by atoms with Crippen LogP contribution in [0.4, 0.5) is 5.82 Å². The molecule has 1 aromatic heterocycles. The van der Waals surface area contributed by atoms with E-state index in [4.69, 9.17) is 0 Å². The quantitative estimate of drug-likeness (QED) is 0.861. The summed E-state index contributed by atoms with van der Waals surface area (Å²) in [5.41, 5.74) is 0.942. The summed E-state index contributed by atoms with van der Waals surface area (Å²) in [5.74, 6) is 1.35. The highest BCUT2D eigenvalue weighted by atomic mass is 79.9. The van der Waals surface area contributed by atoms with Crippen molar-refractivity contribution in [1.29, 1.82) is 0 Å². The monoisotopic (exact) mass is 383 g/mol. The first kappa shape index (κ1) is 15.7. The van der Waals surface area contributed by atoms with Crippen LogP contribution in [-0.2, 0) is 10.0 Å². The Morgan fingerprint density at radius 1 is 1.32 bits per heavy atom. The fourth-order valence-electron chi connectivity index (χ4n) is 2.51.